The fraction of sp³-hybridized carbons (Fsp3) is 0.550. The van der Waals surface area contributed by atoms with E-state index in [0.29, 0.717) is 30.6 Å². The number of para-hydroxylation sites is 1. The number of piperidine rings is 1. The number of amides is 1. The van der Waals surface area contributed by atoms with Crippen LogP contribution in [0.3, 0.4) is 0 Å². The van der Waals surface area contributed by atoms with Crippen LogP contribution in [-0.4, -0.2) is 29.7 Å². The first kappa shape index (κ1) is 17.2. The van der Waals surface area contributed by atoms with Crippen molar-refractivity contribution in [2.75, 3.05) is 18.6 Å². The number of rotatable bonds is 5. The van der Waals surface area contributed by atoms with Gasteiger partial charge in [-0.15, -0.1) is 0 Å². The largest absolute Gasteiger partial charge is 0.371 e. The highest BCUT2D eigenvalue weighted by Gasteiger charge is 2.34. The summed E-state index contributed by atoms with van der Waals surface area (Å²) in [7, 11) is 1.71. The van der Waals surface area contributed by atoms with Crippen LogP contribution in [0.2, 0.25) is 0 Å². The maximum absolute atomic E-state index is 12.3. The van der Waals surface area contributed by atoms with Crippen LogP contribution < -0.4 is 4.90 Å². The standard InChI is InChI=1S/C20H25N3O3/c1-25-18(14-7-5-6-8-14)20-21-19(22-26-20)15-11-12-17(24)23(13-15)16-9-3-2-4-10-16/h2-4,9-10,14-15,18H,5-8,11-13H2,1H3. The van der Waals surface area contributed by atoms with E-state index in [-0.39, 0.29) is 17.9 Å². The Bertz CT molecular complexity index is 740. The Morgan fingerprint density at radius 1 is 1.19 bits per heavy atom. The molecule has 2 aromatic rings. The fourth-order valence-corrected chi connectivity index (χ4v) is 4.20. The molecule has 6 nitrogen and oxygen atoms in total. The third kappa shape index (κ3) is 3.38. The molecule has 2 atom stereocenters. The van der Waals surface area contributed by atoms with E-state index < -0.39 is 0 Å². The summed E-state index contributed by atoms with van der Waals surface area (Å²) in [5.74, 6) is 1.97. The Kier molecular flexibility index (Phi) is 5.02. The molecule has 6 heteroatoms. The van der Waals surface area contributed by atoms with Crippen molar-refractivity contribution in [2.24, 2.45) is 5.92 Å². The molecule has 26 heavy (non-hydrogen) atoms. The molecule has 1 saturated heterocycles. The van der Waals surface area contributed by atoms with Gasteiger partial charge in [-0.3, -0.25) is 4.79 Å². The van der Waals surface area contributed by atoms with Gasteiger partial charge in [-0.05, 0) is 37.3 Å². The number of carbonyl (C=O) groups is 1. The van der Waals surface area contributed by atoms with E-state index in [9.17, 15) is 4.79 Å². The second-order valence-electron chi connectivity index (χ2n) is 7.27. The van der Waals surface area contributed by atoms with Gasteiger partial charge >= 0.3 is 0 Å². The minimum Gasteiger partial charge on any atom is -0.371 e. The van der Waals surface area contributed by atoms with Crippen molar-refractivity contribution in [3.63, 3.8) is 0 Å². The zero-order chi connectivity index (χ0) is 17.9. The van der Waals surface area contributed by atoms with Crippen LogP contribution in [0.5, 0.6) is 0 Å². The van der Waals surface area contributed by atoms with E-state index in [0.717, 1.165) is 24.9 Å². The van der Waals surface area contributed by atoms with E-state index in [1.54, 1.807) is 7.11 Å². The first-order valence-corrected chi connectivity index (χ1v) is 9.48. The van der Waals surface area contributed by atoms with E-state index >= 15 is 0 Å². The van der Waals surface area contributed by atoms with Gasteiger partial charge in [0.1, 0.15) is 6.10 Å². The molecule has 138 valence electrons. The number of aromatic nitrogens is 2. The van der Waals surface area contributed by atoms with Gasteiger partial charge in [0.25, 0.3) is 5.89 Å². The molecule has 2 unspecified atom stereocenters. The first-order chi connectivity index (χ1) is 12.8. The number of benzene rings is 1. The third-order valence-corrected chi connectivity index (χ3v) is 5.63. The molecule has 2 heterocycles. The third-order valence-electron chi connectivity index (χ3n) is 5.63. The molecule has 1 aromatic heterocycles. The Hall–Kier alpha value is -2.21. The average molecular weight is 355 g/mol. The van der Waals surface area contributed by atoms with Crippen molar-refractivity contribution >= 4 is 11.6 Å². The second kappa shape index (κ2) is 7.58. The summed E-state index contributed by atoms with van der Waals surface area (Å²) < 4.78 is 11.2. The molecule has 1 aliphatic heterocycles. The molecule has 1 amide bonds. The lowest BCUT2D eigenvalue weighted by atomic mass is 9.96. The van der Waals surface area contributed by atoms with Crippen LogP contribution in [0.1, 0.15) is 62.3 Å². The molecule has 4 rings (SSSR count). The monoisotopic (exact) mass is 355 g/mol. The lowest BCUT2D eigenvalue weighted by Crippen LogP contribution is -2.39. The number of nitrogens with zero attached hydrogens (tertiary/aromatic N) is 3. The van der Waals surface area contributed by atoms with Gasteiger partial charge in [-0.1, -0.05) is 36.2 Å². The number of anilines is 1. The molecular formula is C20H25N3O3. The van der Waals surface area contributed by atoms with Gasteiger partial charge in [0, 0.05) is 31.7 Å². The summed E-state index contributed by atoms with van der Waals surface area (Å²) in [5.41, 5.74) is 0.923. The molecule has 0 radical (unpaired) electrons. The van der Waals surface area contributed by atoms with E-state index in [1.165, 1.54) is 12.8 Å². The van der Waals surface area contributed by atoms with Gasteiger partial charge in [-0.25, -0.2) is 0 Å². The highest BCUT2D eigenvalue weighted by atomic mass is 16.5. The number of carbonyl (C=O) groups excluding carboxylic acids is 1. The lowest BCUT2D eigenvalue weighted by Gasteiger charge is -2.31. The normalized spacial score (nSPS) is 22.7. The highest BCUT2D eigenvalue weighted by molar-refractivity contribution is 5.94. The maximum Gasteiger partial charge on any atom is 0.256 e. The quantitative estimate of drug-likeness (QED) is 0.815. The summed E-state index contributed by atoms with van der Waals surface area (Å²) in [4.78, 5) is 18.8. The zero-order valence-corrected chi connectivity index (χ0v) is 15.1. The van der Waals surface area contributed by atoms with E-state index in [4.69, 9.17) is 9.26 Å². The summed E-state index contributed by atoms with van der Waals surface area (Å²) in [5, 5.41) is 4.23. The minimum absolute atomic E-state index is 0.0893. The van der Waals surface area contributed by atoms with Crippen molar-refractivity contribution < 1.29 is 14.1 Å². The topological polar surface area (TPSA) is 68.5 Å². The highest BCUT2D eigenvalue weighted by Crippen LogP contribution is 2.38. The van der Waals surface area contributed by atoms with Crippen LogP contribution >= 0.6 is 0 Å². The molecule has 1 aliphatic carbocycles. The smallest absolute Gasteiger partial charge is 0.256 e. The average Bonchev–Trinajstić information content (AvgIpc) is 3.36. The van der Waals surface area contributed by atoms with Crippen molar-refractivity contribution in [2.45, 2.75) is 50.5 Å². The SMILES string of the molecule is COC(c1nc(C2CCC(=O)N(c3ccccc3)C2)no1)C1CCCC1. The molecule has 1 aromatic carbocycles. The maximum atomic E-state index is 12.3. The first-order valence-electron chi connectivity index (χ1n) is 9.48. The summed E-state index contributed by atoms with van der Waals surface area (Å²) in [6.07, 6.45) is 5.91. The molecular weight excluding hydrogens is 330 g/mol. The molecule has 0 N–H and O–H groups in total. The van der Waals surface area contributed by atoms with E-state index in [2.05, 4.69) is 10.1 Å². The Morgan fingerprint density at radius 3 is 2.69 bits per heavy atom. The molecule has 0 spiro atoms. The minimum atomic E-state index is -0.116. The molecule has 1 saturated carbocycles. The summed E-state index contributed by atoms with van der Waals surface area (Å²) in [6, 6.07) is 9.77. The van der Waals surface area contributed by atoms with Gasteiger partial charge in [0.05, 0.1) is 0 Å². The van der Waals surface area contributed by atoms with Crippen molar-refractivity contribution in [1.29, 1.82) is 0 Å². The zero-order valence-electron chi connectivity index (χ0n) is 15.1. The number of hydrogen-bond acceptors (Lipinski definition) is 5. The number of methoxy groups -OCH3 is 1. The van der Waals surface area contributed by atoms with Crippen LogP contribution in [0, 0.1) is 5.92 Å². The lowest BCUT2D eigenvalue weighted by molar-refractivity contribution is -0.119. The Labute approximate surface area is 153 Å². The van der Waals surface area contributed by atoms with Gasteiger partial charge in [-0.2, -0.15) is 4.98 Å². The van der Waals surface area contributed by atoms with Crippen LogP contribution in [-0.2, 0) is 9.53 Å². The van der Waals surface area contributed by atoms with Crippen LogP contribution in [0.25, 0.3) is 0 Å². The predicted molar refractivity (Wildman–Crippen MR) is 96.8 cm³/mol. The Morgan fingerprint density at radius 2 is 1.96 bits per heavy atom. The molecule has 2 aliphatic rings. The molecule has 0 bridgehead atoms. The molecule has 2 fully saturated rings. The van der Waals surface area contributed by atoms with Crippen LogP contribution in [0.4, 0.5) is 5.69 Å². The van der Waals surface area contributed by atoms with Crippen molar-refractivity contribution in [3.8, 4) is 0 Å². The summed E-state index contributed by atoms with van der Waals surface area (Å²) >= 11 is 0. The van der Waals surface area contributed by atoms with Crippen molar-refractivity contribution in [1.82, 2.24) is 10.1 Å². The predicted octanol–water partition coefficient (Wildman–Crippen LogP) is 3.86. The fourth-order valence-electron chi connectivity index (χ4n) is 4.20. The van der Waals surface area contributed by atoms with Gasteiger partial charge in [0.15, 0.2) is 5.82 Å². The summed E-state index contributed by atoms with van der Waals surface area (Å²) in [6.45, 7) is 0.586. The number of ether oxygens (including phenoxy) is 1. The van der Waals surface area contributed by atoms with E-state index in [1.807, 2.05) is 35.2 Å². The number of hydrogen-bond donors (Lipinski definition) is 0. The van der Waals surface area contributed by atoms with Crippen LogP contribution in [0.15, 0.2) is 34.9 Å². The van der Waals surface area contributed by atoms with Gasteiger partial charge in [0.2, 0.25) is 5.91 Å². The second-order valence-corrected chi connectivity index (χ2v) is 7.27. The van der Waals surface area contributed by atoms with Gasteiger partial charge < -0.3 is 14.2 Å². The Balaban J connectivity index is 1.51. The van der Waals surface area contributed by atoms with Crippen molar-refractivity contribution in [3.05, 3.63) is 42.0 Å².